The molecule has 0 saturated heterocycles. The van der Waals surface area contributed by atoms with Crippen molar-refractivity contribution in [2.24, 2.45) is 0 Å². The number of carbonyl (C=O) groups is 1. The second-order valence-electron chi connectivity index (χ2n) is 5.09. The molecule has 0 saturated carbocycles. The van der Waals surface area contributed by atoms with Crippen LogP contribution in [-0.2, 0) is 0 Å². The van der Waals surface area contributed by atoms with Gasteiger partial charge < -0.3 is 19.3 Å². The van der Waals surface area contributed by atoms with Crippen molar-refractivity contribution >= 4 is 11.9 Å². The van der Waals surface area contributed by atoms with E-state index in [0.29, 0.717) is 28.4 Å². The third-order valence-electron chi connectivity index (χ3n) is 3.62. The zero-order valence-corrected chi connectivity index (χ0v) is 12.8. The van der Waals surface area contributed by atoms with E-state index >= 15 is 0 Å². The van der Waals surface area contributed by atoms with Gasteiger partial charge in [-0.15, -0.1) is 0 Å². The summed E-state index contributed by atoms with van der Waals surface area (Å²) in [4.78, 5) is 12.7. The van der Waals surface area contributed by atoms with E-state index < -0.39 is 0 Å². The summed E-state index contributed by atoms with van der Waals surface area (Å²) in [5.41, 5.74) is 1.68. The number of phenolic OH excluding ortho intramolecular Hbond substituents is 1. The van der Waals surface area contributed by atoms with Crippen molar-refractivity contribution in [3.63, 3.8) is 0 Å². The molecule has 3 rings (SSSR count). The fraction of sp³-hybridized carbons (Fsp3) is 0.167. The highest BCUT2D eigenvalue weighted by atomic mass is 16.5. The smallest absolute Gasteiger partial charge is 0.196 e. The van der Waals surface area contributed by atoms with E-state index in [2.05, 4.69) is 0 Å². The monoisotopic (exact) mass is 312 g/mol. The number of hydrogen-bond donors (Lipinski definition) is 1. The highest BCUT2D eigenvalue weighted by Gasteiger charge is 2.26. The summed E-state index contributed by atoms with van der Waals surface area (Å²) >= 11 is 0. The van der Waals surface area contributed by atoms with Gasteiger partial charge in [-0.3, -0.25) is 4.79 Å². The van der Waals surface area contributed by atoms with Gasteiger partial charge in [0.2, 0.25) is 0 Å². The maximum Gasteiger partial charge on any atom is 0.196 e. The average Bonchev–Trinajstić information content (AvgIpc) is 2.56. The number of phenols is 1. The molecule has 1 heterocycles. The lowest BCUT2D eigenvalue weighted by molar-refractivity contribution is 0.1000. The van der Waals surface area contributed by atoms with Gasteiger partial charge in [0, 0.05) is 11.6 Å². The zero-order chi connectivity index (χ0) is 16.4. The number of carbonyl (C=O) groups excluding carboxylic acids is 1. The molecule has 0 bridgehead atoms. The number of methoxy groups -OCH3 is 2. The van der Waals surface area contributed by atoms with Crippen LogP contribution < -0.4 is 14.2 Å². The molecule has 1 aliphatic rings. The number of hydrogen-bond acceptors (Lipinski definition) is 5. The number of aromatic hydroxyl groups is 1. The van der Waals surface area contributed by atoms with Gasteiger partial charge in [0.15, 0.2) is 17.3 Å². The van der Waals surface area contributed by atoms with Gasteiger partial charge >= 0.3 is 0 Å². The van der Waals surface area contributed by atoms with Gasteiger partial charge in [0.25, 0.3) is 0 Å². The number of Topliss-reactive ketones (excluding diaryl/α,β-unsaturated/α-hetero) is 1. The van der Waals surface area contributed by atoms with E-state index in [4.69, 9.17) is 14.2 Å². The molecule has 0 unspecified atom stereocenters. The van der Waals surface area contributed by atoms with Crippen molar-refractivity contribution in [3.8, 4) is 23.0 Å². The molecular formula is C18H16O5. The van der Waals surface area contributed by atoms with Crippen molar-refractivity contribution in [1.82, 2.24) is 0 Å². The van der Waals surface area contributed by atoms with Crippen molar-refractivity contribution in [1.29, 1.82) is 0 Å². The van der Waals surface area contributed by atoms with E-state index in [0.717, 1.165) is 5.56 Å². The maximum atomic E-state index is 12.7. The topological polar surface area (TPSA) is 65.0 Å². The van der Waals surface area contributed by atoms with Crippen LogP contribution in [0.1, 0.15) is 15.9 Å². The Hall–Kier alpha value is -2.95. The third kappa shape index (κ3) is 2.85. The molecule has 0 aromatic heterocycles. The standard InChI is InChI=1S/C18H16O5/c1-21-16-8-14-15(9-17(16)22-2)23-10-12(18(14)20)6-11-4-3-5-13(19)7-11/h3-9,19H,10H2,1-2H3/b12-6+. The van der Waals surface area contributed by atoms with Crippen LogP contribution >= 0.6 is 0 Å². The number of fused-ring (bicyclic) bond motifs is 1. The molecule has 0 radical (unpaired) electrons. The molecular weight excluding hydrogens is 296 g/mol. The maximum absolute atomic E-state index is 12.7. The lowest BCUT2D eigenvalue weighted by Gasteiger charge is -2.20. The lowest BCUT2D eigenvalue weighted by atomic mass is 9.98. The average molecular weight is 312 g/mol. The lowest BCUT2D eigenvalue weighted by Crippen LogP contribution is -2.19. The molecule has 0 fully saturated rings. The van der Waals surface area contributed by atoms with Crippen LogP contribution in [0.2, 0.25) is 0 Å². The van der Waals surface area contributed by atoms with Crippen LogP contribution in [0.15, 0.2) is 42.0 Å². The second kappa shape index (κ2) is 6.04. The van der Waals surface area contributed by atoms with Crippen LogP contribution in [0, 0.1) is 0 Å². The summed E-state index contributed by atoms with van der Waals surface area (Å²) in [5, 5.41) is 9.52. The fourth-order valence-electron chi connectivity index (χ4n) is 2.47. The Labute approximate surface area is 133 Å². The molecule has 5 nitrogen and oxygen atoms in total. The predicted octanol–water partition coefficient (Wildman–Crippen LogP) is 3.07. The zero-order valence-electron chi connectivity index (χ0n) is 12.8. The van der Waals surface area contributed by atoms with Crippen molar-refractivity contribution in [2.75, 3.05) is 20.8 Å². The summed E-state index contributed by atoms with van der Waals surface area (Å²) < 4.78 is 16.1. The summed E-state index contributed by atoms with van der Waals surface area (Å²) in [5.74, 6) is 1.48. The molecule has 0 aliphatic carbocycles. The summed E-state index contributed by atoms with van der Waals surface area (Å²) in [6.07, 6.45) is 1.71. The first-order valence-electron chi connectivity index (χ1n) is 7.05. The van der Waals surface area contributed by atoms with Crippen LogP contribution in [0.25, 0.3) is 6.08 Å². The second-order valence-corrected chi connectivity index (χ2v) is 5.09. The molecule has 23 heavy (non-hydrogen) atoms. The molecule has 118 valence electrons. The first-order chi connectivity index (χ1) is 11.1. The normalized spacial score (nSPS) is 15.0. The van der Waals surface area contributed by atoms with E-state index in [9.17, 15) is 9.90 Å². The Balaban J connectivity index is 2.00. The predicted molar refractivity (Wildman–Crippen MR) is 85.5 cm³/mol. The number of rotatable bonds is 3. The van der Waals surface area contributed by atoms with E-state index in [1.54, 1.807) is 36.4 Å². The quantitative estimate of drug-likeness (QED) is 0.882. The number of benzene rings is 2. The van der Waals surface area contributed by atoms with Gasteiger partial charge in [0.1, 0.15) is 18.1 Å². The Morgan fingerprint density at radius 1 is 1.13 bits per heavy atom. The van der Waals surface area contributed by atoms with Crippen molar-refractivity contribution < 1.29 is 24.1 Å². The molecule has 0 atom stereocenters. The summed E-state index contributed by atoms with van der Waals surface area (Å²) in [7, 11) is 3.05. The van der Waals surface area contributed by atoms with E-state index in [1.807, 2.05) is 6.07 Å². The molecule has 2 aromatic carbocycles. The Morgan fingerprint density at radius 2 is 1.87 bits per heavy atom. The summed E-state index contributed by atoms with van der Waals surface area (Å²) in [6.45, 7) is 0.164. The van der Waals surface area contributed by atoms with Gasteiger partial charge in [-0.1, -0.05) is 12.1 Å². The highest BCUT2D eigenvalue weighted by Crippen LogP contribution is 2.38. The van der Waals surface area contributed by atoms with Crippen LogP contribution in [0.5, 0.6) is 23.0 Å². The van der Waals surface area contributed by atoms with Gasteiger partial charge in [0.05, 0.1) is 19.8 Å². The van der Waals surface area contributed by atoms with Crippen molar-refractivity contribution in [3.05, 3.63) is 53.1 Å². The third-order valence-corrected chi connectivity index (χ3v) is 3.62. The molecule has 0 spiro atoms. The fourth-order valence-corrected chi connectivity index (χ4v) is 2.47. The first-order valence-corrected chi connectivity index (χ1v) is 7.05. The summed E-state index contributed by atoms with van der Waals surface area (Å²) in [6, 6.07) is 9.96. The van der Waals surface area contributed by atoms with E-state index in [-0.39, 0.29) is 18.1 Å². The first kappa shape index (κ1) is 15.0. The number of ketones is 1. The van der Waals surface area contributed by atoms with Crippen molar-refractivity contribution in [2.45, 2.75) is 0 Å². The Kier molecular flexibility index (Phi) is 3.93. The minimum absolute atomic E-state index is 0.129. The van der Waals surface area contributed by atoms with E-state index in [1.165, 1.54) is 14.2 Å². The Bertz CT molecular complexity index is 792. The Morgan fingerprint density at radius 3 is 2.57 bits per heavy atom. The van der Waals surface area contributed by atoms with Gasteiger partial charge in [-0.25, -0.2) is 0 Å². The molecule has 1 aliphatic heterocycles. The SMILES string of the molecule is COc1cc2c(cc1OC)C(=O)/C(=C/c1cccc(O)c1)CO2. The number of ether oxygens (including phenoxy) is 3. The highest BCUT2D eigenvalue weighted by molar-refractivity contribution is 6.14. The molecule has 2 aromatic rings. The molecule has 5 heteroatoms. The van der Waals surface area contributed by atoms with Crippen LogP contribution in [0.3, 0.4) is 0 Å². The van der Waals surface area contributed by atoms with Gasteiger partial charge in [-0.05, 0) is 29.8 Å². The largest absolute Gasteiger partial charge is 0.508 e. The van der Waals surface area contributed by atoms with Crippen LogP contribution in [-0.4, -0.2) is 31.7 Å². The minimum atomic E-state index is -0.129. The minimum Gasteiger partial charge on any atom is -0.508 e. The van der Waals surface area contributed by atoms with Crippen LogP contribution in [0.4, 0.5) is 0 Å². The molecule has 1 N–H and O–H groups in total. The van der Waals surface area contributed by atoms with Gasteiger partial charge in [-0.2, -0.15) is 0 Å². The molecule has 0 amide bonds.